The van der Waals surface area contributed by atoms with Gasteiger partial charge in [-0.2, -0.15) is 15.0 Å². The van der Waals surface area contributed by atoms with Crippen molar-refractivity contribution in [3.8, 4) is 0 Å². The van der Waals surface area contributed by atoms with E-state index in [1.165, 1.54) is 0 Å². The minimum absolute atomic E-state index is 0.0204. The lowest BCUT2D eigenvalue weighted by molar-refractivity contribution is -0.107. The van der Waals surface area contributed by atoms with Gasteiger partial charge < -0.3 is 22.9 Å². The number of rotatable bonds is 4. The number of nitrogens with two attached hydrogens (primary N) is 4. The standard InChI is InChI=1S/C6H12N8O/c7-1-3(8)14(2-15)6-12-4(9)11-5(10)13-6/h2-3H,1,7-8H2,(H4,9,10,11,12,13). The van der Waals surface area contributed by atoms with Gasteiger partial charge in [0, 0.05) is 6.54 Å². The van der Waals surface area contributed by atoms with Crippen molar-refractivity contribution in [3.05, 3.63) is 0 Å². The van der Waals surface area contributed by atoms with Crippen molar-refractivity contribution in [1.82, 2.24) is 15.0 Å². The van der Waals surface area contributed by atoms with E-state index in [4.69, 9.17) is 22.9 Å². The highest BCUT2D eigenvalue weighted by Crippen LogP contribution is 2.09. The first-order valence-corrected chi connectivity index (χ1v) is 4.04. The van der Waals surface area contributed by atoms with Crippen LogP contribution in [-0.2, 0) is 4.79 Å². The summed E-state index contributed by atoms with van der Waals surface area (Å²) in [4.78, 5) is 22.7. The van der Waals surface area contributed by atoms with E-state index in [0.717, 1.165) is 4.90 Å². The van der Waals surface area contributed by atoms with Crippen LogP contribution in [-0.4, -0.2) is 34.1 Å². The molecule has 0 radical (unpaired) electrons. The van der Waals surface area contributed by atoms with Crippen LogP contribution in [0.15, 0.2) is 0 Å². The van der Waals surface area contributed by atoms with Crippen LogP contribution >= 0.6 is 0 Å². The van der Waals surface area contributed by atoms with Crippen LogP contribution in [0.5, 0.6) is 0 Å². The molecular weight excluding hydrogens is 200 g/mol. The molecule has 1 atom stereocenters. The summed E-state index contributed by atoms with van der Waals surface area (Å²) in [5, 5.41) is 0. The molecule has 1 unspecified atom stereocenters. The number of carbonyl (C=O) groups excluding carboxylic acids is 1. The molecule has 0 fully saturated rings. The summed E-state index contributed by atoms with van der Waals surface area (Å²) in [6.45, 7) is 0.0598. The molecule has 0 aliphatic carbocycles. The molecule has 1 aromatic rings. The molecule has 0 saturated carbocycles. The number of nitrogens with zero attached hydrogens (tertiary/aromatic N) is 4. The lowest BCUT2D eigenvalue weighted by atomic mass is 10.4. The summed E-state index contributed by atoms with van der Waals surface area (Å²) in [6.07, 6.45) is -0.283. The van der Waals surface area contributed by atoms with Gasteiger partial charge in [-0.3, -0.25) is 9.69 Å². The third-order valence-corrected chi connectivity index (χ3v) is 1.60. The minimum Gasteiger partial charge on any atom is -0.368 e. The third-order valence-electron chi connectivity index (χ3n) is 1.60. The second-order valence-corrected chi connectivity index (χ2v) is 2.67. The van der Waals surface area contributed by atoms with Crippen molar-refractivity contribution in [2.75, 3.05) is 22.9 Å². The summed E-state index contributed by atoms with van der Waals surface area (Å²) < 4.78 is 0. The molecule has 1 aromatic heterocycles. The van der Waals surface area contributed by atoms with Gasteiger partial charge in [-0.1, -0.05) is 0 Å². The van der Waals surface area contributed by atoms with Crippen LogP contribution in [0.25, 0.3) is 0 Å². The first-order chi connectivity index (χ1) is 7.08. The molecule has 15 heavy (non-hydrogen) atoms. The largest absolute Gasteiger partial charge is 0.368 e. The van der Waals surface area contributed by atoms with Crippen molar-refractivity contribution in [2.45, 2.75) is 6.17 Å². The predicted octanol–water partition coefficient (Wildman–Crippen LogP) is -2.76. The van der Waals surface area contributed by atoms with E-state index in [9.17, 15) is 4.79 Å². The fourth-order valence-electron chi connectivity index (χ4n) is 0.900. The second kappa shape index (κ2) is 4.48. The maximum Gasteiger partial charge on any atom is 0.239 e. The summed E-state index contributed by atoms with van der Waals surface area (Å²) >= 11 is 0. The quantitative estimate of drug-likeness (QED) is 0.308. The number of amides is 1. The molecule has 9 nitrogen and oxygen atoms in total. The van der Waals surface area contributed by atoms with Crippen LogP contribution in [0, 0.1) is 0 Å². The monoisotopic (exact) mass is 212 g/mol. The zero-order valence-electron chi connectivity index (χ0n) is 7.87. The summed E-state index contributed by atoms with van der Waals surface area (Å²) in [6, 6.07) is 0. The normalized spacial score (nSPS) is 12.1. The Morgan fingerprint density at radius 3 is 2.20 bits per heavy atom. The van der Waals surface area contributed by atoms with Crippen molar-refractivity contribution < 1.29 is 4.79 Å². The number of hydrogen-bond donors (Lipinski definition) is 4. The molecule has 0 bridgehead atoms. The highest BCUT2D eigenvalue weighted by Gasteiger charge is 2.16. The van der Waals surface area contributed by atoms with E-state index in [2.05, 4.69) is 15.0 Å². The van der Waals surface area contributed by atoms with E-state index >= 15 is 0 Å². The lowest BCUT2D eigenvalue weighted by Gasteiger charge is -2.21. The van der Waals surface area contributed by atoms with Crippen molar-refractivity contribution in [1.29, 1.82) is 0 Å². The molecule has 9 heteroatoms. The Labute approximate surface area is 85.5 Å². The Bertz CT molecular complexity index is 335. The average molecular weight is 212 g/mol. The molecule has 8 N–H and O–H groups in total. The first-order valence-electron chi connectivity index (χ1n) is 4.04. The Morgan fingerprint density at radius 1 is 1.27 bits per heavy atom. The van der Waals surface area contributed by atoms with E-state index in [1.807, 2.05) is 0 Å². The lowest BCUT2D eigenvalue weighted by Crippen LogP contribution is -2.47. The summed E-state index contributed by atoms with van der Waals surface area (Å²) in [5.41, 5.74) is 21.5. The van der Waals surface area contributed by atoms with Gasteiger partial charge in [0.2, 0.25) is 24.3 Å². The maximum atomic E-state index is 10.7. The molecule has 0 spiro atoms. The smallest absolute Gasteiger partial charge is 0.239 e. The molecule has 0 aliphatic rings. The number of anilines is 3. The highest BCUT2D eigenvalue weighted by molar-refractivity contribution is 5.72. The van der Waals surface area contributed by atoms with Crippen molar-refractivity contribution in [3.63, 3.8) is 0 Å². The van der Waals surface area contributed by atoms with Crippen LogP contribution in [0.1, 0.15) is 0 Å². The van der Waals surface area contributed by atoms with Crippen LogP contribution in [0.3, 0.4) is 0 Å². The van der Waals surface area contributed by atoms with Gasteiger partial charge in [-0.25, -0.2) is 0 Å². The Hall–Kier alpha value is -2.00. The van der Waals surface area contributed by atoms with Crippen molar-refractivity contribution >= 4 is 24.3 Å². The molecule has 1 amide bonds. The van der Waals surface area contributed by atoms with Gasteiger partial charge in [-0.15, -0.1) is 0 Å². The van der Waals surface area contributed by atoms with E-state index < -0.39 is 6.17 Å². The van der Waals surface area contributed by atoms with E-state index in [0.29, 0.717) is 6.41 Å². The number of hydrogen-bond acceptors (Lipinski definition) is 8. The van der Waals surface area contributed by atoms with Crippen LogP contribution in [0.4, 0.5) is 17.8 Å². The summed E-state index contributed by atoms with van der Waals surface area (Å²) in [5.74, 6) is -0.199. The number of carbonyl (C=O) groups is 1. The molecule has 0 saturated heterocycles. The molecule has 82 valence electrons. The van der Waals surface area contributed by atoms with Crippen molar-refractivity contribution in [2.24, 2.45) is 11.5 Å². The molecule has 1 rings (SSSR count). The van der Waals surface area contributed by atoms with Gasteiger partial charge in [0.05, 0.1) is 6.17 Å². The van der Waals surface area contributed by atoms with Crippen LogP contribution in [0.2, 0.25) is 0 Å². The molecule has 0 aromatic carbocycles. The Balaban J connectivity index is 3.06. The highest BCUT2D eigenvalue weighted by atomic mass is 16.1. The topological polar surface area (TPSA) is 163 Å². The number of nitrogen functional groups attached to an aromatic ring is 2. The van der Waals surface area contributed by atoms with E-state index in [1.54, 1.807) is 0 Å². The zero-order valence-corrected chi connectivity index (χ0v) is 7.87. The number of aromatic nitrogens is 3. The van der Waals surface area contributed by atoms with Gasteiger partial charge >= 0.3 is 0 Å². The van der Waals surface area contributed by atoms with Gasteiger partial charge in [0.15, 0.2) is 0 Å². The molecule has 1 heterocycles. The summed E-state index contributed by atoms with van der Waals surface area (Å²) in [7, 11) is 0. The third kappa shape index (κ3) is 2.48. The minimum atomic E-state index is -0.733. The van der Waals surface area contributed by atoms with Gasteiger partial charge in [0.1, 0.15) is 0 Å². The fraction of sp³-hybridized carbons (Fsp3) is 0.333. The van der Waals surface area contributed by atoms with Gasteiger partial charge in [-0.05, 0) is 0 Å². The molecule has 0 aliphatic heterocycles. The average Bonchev–Trinajstić information content (AvgIpc) is 2.17. The first kappa shape index (κ1) is 11.1. The fourth-order valence-corrected chi connectivity index (χ4v) is 0.900. The van der Waals surface area contributed by atoms with Gasteiger partial charge in [0.25, 0.3) is 0 Å². The second-order valence-electron chi connectivity index (χ2n) is 2.67. The van der Waals surface area contributed by atoms with Crippen LogP contribution < -0.4 is 27.8 Å². The SMILES string of the molecule is NCC(N)N(C=O)c1nc(N)nc(N)n1. The zero-order chi connectivity index (χ0) is 11.4. The predicted molar refractivity (Wildman–Crippen MR) is 54.2 cm³/mol. The Kier molecular flexibility index (Phi) is 3.31. The Morgan fingerprint density at radius 2 is 1.80 bits per heavy atom. The maximum absolute atomic E-state index is 10.7. The van der Waals surface area contributed by atoms with E-state index in [-0.39, 0.29) is 24.4 Å². The molecular formula is C6H12N8O.